The third-order valence-electron chi connectivity index (χ3n) is 5.20. The van der Waals surface area contributed by atoms with Crippen LogP contribution in [0.5, 0.6) is 11.5 Å². The van der Waals surface area contributed by atoms with Crippen molar-refractivity contribution in [3.63, 3.8) is 0 Å². The summed E-state index contributed by atoms with van der Waals surface area (Å²) in [6.45, 7) is 11.1. The summed E-state index contributed by atoms with van der Waals surface area (Å²) in [5.41, 5.74) is 2.56. The van der Waals surface area contributed by atoms with Gasteiger partial charge in [-0.2, -0.15) is 0 Å². The van der Waals surface area contributed by atoms with Crippen molar-refractivity contribution in [1.82, 2.24) is 5.32 Å². The van der Waals surface area contributed by atoms with Crippen LogP contribution in [0.15, 0.2) is 21.4 Å². The van der Waals surface area contributed by atoms with Gasteiger partial charge in [0.1, 0.15) is 17.1 Å². The Balaban J connectivity index is 2.50. The first kappa shape index (κ1) is 20.5. The van der Waals surface area contributed by atoms with Crippen molar-refractivity contribution in [2.24, 2.45) is 0 Å². The molecule has 0 saturated carbocycles. The molecular weight excluding hydrogens is 354 g/mol. The number of aryl methyl sites for hydroxylation is 1. The summed E-state index contributed by atoms with van der Waals surface area (Å²) in [7, 11) is 1.66. The normalized spacial score (nSPS) is 15.9. The van der Waals surface area contributed by atoms with Crippen LogP contribution in [-0.4, -0.2) is 19.3 Å². The molecule has 3 rings (SSSR count). The Morgan fingerprint density at radius 1 is 1.25 bits per heavy atom. The van der Waals surface area contributed by atoms with Gasteiger partial charge in [0.2, 0.25) is 0 Å². The van der Waals surface area contributed by atoms with E-state index in [-0.39, 0.29) is 11.7 Å². The van der Waals surface area contributed by atoms with Gasteiger partial charge in [0.05, 0.1) is 23.6 Å². The maximum Gasteiger partial charge on any atom is 0.336 e. The zero-order valence-electron chi connectivity index (χ0n) is 17.8. The molecule has 0 bridgehead atoms. The van der Waals surface area contributed by atoms with Gasteiger partial charge in [0.25, 0.3) is 0 Å². The van der Waals surface area contributed by atoms with E-state index >= 15 is 0 Å². The molecule has 2 aromatic rings. The summed E-state index contributed by atoms with van der Waals surface area (Å²) >= 11 is 0. The molecule has 152 valence electrons. The Labute approximate surface area is 166 Å². The molecule has 5 heteroatoms. The van der Waals surface area contributed by atoms with Crippen LogP contribution in [0.2, 0.25) is 0 Å². The van der Waals surface area contributed by atoms with Gasteiger partial charge in [0.15, 0.2) is 5.58 Å². The minimum Gasteiger partial charge on any atom is -0.495 e. The standard InChI is InChI=1S/C23H31NO4/c1-7-10-14-13-17(25)27-22-18(14)21-15(11-12-23(4,5)28-21)20(26-6)19(22)16(8-2)24-9-3/h11-13,16,24H,7-10H2,1-6H3. The Hall–Kier alpha value is -2.27. The van der Waals surface area contributed by atoms with Crippen molar-refractivity contribution < 1.29 is 13.9 Å². The lowest BCUT2D eigenvalue weighted by molar-refractivity contribution is 0.160. The maximum absolute atomic E-state index is 12.4. The van der Waals surface area contributed by atoms with Gasteiger partial charge in [0, 0.05) is 12.1 Å². The molecule has 0 amide bonds. The van der Waals surface area contributed by atoms with Gasteiger partial charge in [-0.1, -0.05) is 27.2 Å². The molecule has 0 saturated heterocycles. The van der Waals surface area contributed by atoms with Crippen molar-refractivity contribution in [3.05, 3.63) is 39.3 Å². The molecule has 1 aromatic heterocycles. The quantitative estimate of drug-likeness (QED) is 0.680. The fourth-order valence-corrected chi connectivity index (χ4v) is 4.00. The van der Waals surface area contributed by atoms with Crippen LogP contribution in [0.4, 0.5) is 0 Å². The topological polar surface area (TPSA) is 60.7 Å². The summed E-state index contributed by atoms with van der Waals surface area (Å²) in [5, 5.41) is 4.39. The third-order valence-corrected chi connectivity index (χ3v) is 5.20. The summed E-state index contributed by atoms with van der Waals surface area (Å²) in [6.07, 6.45) is 6.67. The first-order chi connectivity index (χ1) is 13.4. The lowest BCUT2D eigenvalue weighted by Crippen LogP contribution is -2.29. The molecule has 0 radical (unpaired) electrons. The molecule has 1 atom stereocenters. The van der Waals surface area contributed by atoms with Crippen LogP contribution in [0.25, 0.3) is 17.0 Å². The predicted molar refractivity (Wildman–Crippen MR) is 113 cm³/mol. The average molecular weight is 386 g/mol. The molecule has 1 aliphatic heterocycles. The van der Waals surface area contributed by atoms with Gasteiger partial charge in [-0.3, -0.25) is 0 Å². The van der Waals surface area contributed by atoms with Gasteiger partial charge >= 0.3 is 5.63 Å². The van der Waals surface area contributed by atoms with Gasteiger partial charge in [-0.15, -0.1) is 0 Å². The van der Waals surface area contributed by atoms with Crippen molar-refractivity contribution in [2.75, 3.05) is 13.7 Å². The van der Waals surface area contributed by atoms with Crippen LogP contribution in [0.1, 0.15) is 70.2 Å². The number of fused-ring (bicyclic) bond motifs is 3. The highest BCUT2D eigenvalue weighted by Crippen LogP contribution is 2.48. The fourth-order valence-electron chi connectivity index (χ4n) is 4.00. The van der Waals surface area contributed by atoms with E-state index in [0.717, 1.165) is 53.6 Å². The molecule has 1 aromatic carbocycles. The number of methoxy groups -OCH3 is 1. The van der Waals surface area contributed by atoms with E-state index < -0.39 is 5.60 Å². The van der Waals surface area contributed by atoms with Crippen LogP contribution in [0.3, 0.4) is 0 Å². The zero-order valence-corrected chi connectivity index (χ0v) is 17.8. The maximum atomic E-state index is 12.4. The highest BCUT2D eigenvalue weighted by atomic mass is 16.5. The summed E-state index contributed by atoms with van der Waals surface area (Å²) in [6, 6.07) is 1.61. The molecule has 0 fully saturated rings. The monoisotopic (exact) mass is 385 g/mol. The smallest absolute Gasteiger partial charge is 0.336 e. The van der Waals surface area contributed by atoms with E-state index in [1.54, 1.807) is 13.2 Å². The largest absolute Gasteiger partial charge is 0.495 e. The van der Waals surface area contributed by atoms with E-state index in [1.165, 1.54) is 0 Å². The summed E-state index contributed by atoms with van der Waals surface area (Å²) in [4.78, 5) is 12.4. The van der Waals surface area contributed by atoms with Crippen LogP contribution in [0, 0.1) is 0 Å². The number of benzene rings is 1. The van der Waals surface area contributed by atoms with Crippen molar-refractivity contribution >= 4 is 17.0 Å². The predicted octanol–water partition coefficient (Wildman–Crippen LogP) is 5.00. The van der Waals surface area contributed by atoms with Crippen molar-refractivity contribution in [3.8, 4) is 11.5 Å². The molecule has 2 heterocycles. The number of rotatable bonds is 7. The Kier molecular flexibility index (Phi) is 5.84. The lowest BCUT2D eigenvalue weighted by Gasteiger charge is -2.32. The molecule has 28 heavy (non-hydrogen) atoms. The fraction of sp³-hybridized carbons (Fsp3) is 0.522. The first-order valence-electron chi connectivity index (χ1n) is 10.2. The summed E-state index contributed by atoms with van der Waals surface area (Å²) in [5.74, 6) is 1.44. The second-order valence-corrected chi connectivity index (χ2v) is 7.79. The van der Waals surface area contributed by atoms with Crippen LogP contribution in [-0.2, 0) is 6.42 Å². The Morgan fingerprint density at radius 3 is 2.61 bits per heavy atom. The molecule has 5 nitrogen and oxygen atoms in total. The van der Waals surface area contributed by atoms with Crippen molar-refractivity contribution in [2.45, 2.75) is 65.5 Å². The van der Waals surface area contributed by atoms with Crippen LogP contribution >= 0.6 is 0 Å². The summed E-state index contributed by atoms with van der Waals surface area (Å²) < 4.78 is 18.0. The number of nitrogens with one attached hydrogen (secondary N) is 1. The molecule has 1 N–H and O–H groups in total. The molecule has 0 spiro atoms. The average Bonchev–Trinajstić information content (AvgIpc) is 2.64. The van der Waals surface area contributed by atoms with E-state index in [0.29, 0.717) is 11.3 Å². The lowest BCUT2D eigenvalue weighted by atomic mass is 9.90. The number of ether oxygens (including phenoxy) is 2. The second kappa shape index (κ2) is 8.00. The highest BCUT2D eigenvalue weighted by molar-refractivity contribution is 5.97. The third kappa shape index (κ3) is 3.55. The van der Waals surface area contributed by atoms with Gasteiger partial charge < -0.3 is 19.2 Å². The highest BCUT2D eigenvalue weighted by Gasteiger charge is 2.32. The van der Waals surface area contributed by atoms with E-state index in [4.69, 9.17) is 13.9 Å². The minimum atomic E-state index is -0.447. The molecule has 0 aliphatic carbocycles. The van der Waals surface area contributed by atoms with Crippen molar-refractivity contribution in [1.29, 1.82) is 0 Å². The van der Waals surface area contributed by atoms with Gasteiger partial charge in [-0.05, 0) is 50.9 Å². The molecule has 1 aliphatic rings. The number of hydrogen-bond donors (Lipinski definition) is 1. The molecular formula is C23H31NO4. The Morgan fingerprint density at radius 2 is 2.00 bits per heavy atom. The van der Waals surface area contributed by atoms with Gasteiger partial charge in [-0.25, -0.2) is 4.79 Å². The first-order valence-corrected chi connectivity index (χ1v) is 10.2. The molecule has 1 unspecified atom stereocenters. The minimum absolute atomic E-state index is 0.0103. The van der Waals surface area contributed by atoms with E-state index in [1.807, 2.05) is 19.9 Å². The number of hydrogen-bond acceptors (Lipinski definition) is 5. The van der Waals surface area contributed by atoms with Crippen LogP contribution < -0.4 is 20.4 Å². The Bertz CT molecular complexity index is 955. The van der Waals surface area contributed by atoms with E-state index in [9.17, 15) is 4.79 Å². The zero-order chi connectivity index (χ0) is 20.5. The SMILES string of the molecule is CCCc1cc(=O)oc2c(C(CC)NCC)c(OC)c3c(c12)OC(C)(C)C=C3. The van der Waals surface area contributed by atoms with E-state index in [2.05, 4.69) is 32.2 Å². The second-order valence-electron chi connectivity index (χ2n) is 7.79.